The zero-order valence-corrected chi connectivity index (χ0v) is 16.6. The van der Waals surface area contributed by atoms with Crippen LogP contribution in [0.2, 0.25) is 0 Å². The van der Waals surface area contributed by atoms with E-state index in [1.807, 2.05) is 23.6 Å². The number of halogens is 1. The molecular formula is C24H22FNS. The average Bonchev–Trinajstić information content (AvgIpc) is 2.66. The predicted molar refractivity (Wildman–Crippen MR) is 115 cm³/mol. The molecule has 0 aliphatic heterocycles. The Bertz CT molecular complexity index is 970. The van der Waals surface area contributed by atoms with Crippen molar-refractivity contribution in [3.05, 3.63) is 106 Å². The molecule has 0 aromatic heterocycles. The fraction of sp³-hybridized carbons (Fsp3) is 0.125. The largest absolute Gasteiger partial charge is 0.248 e. The summed E-state index contributed by atoms with van der Waals surface area (Å²) in [5.41, 5.74) is 6.61. The van der Waals surface area contributed by atoms with Gasteiger partial charge in [0.05, 0.1) is 11.4 Å². The van der Waals surface area contributed by atoms with E-state index < -0.39 is 0 Å². The lowest BCUT2D eigenvalue weighted by molar-refractivity contribution is 0.626. The molecule has 27 heavy (non-hydrogen) atoms. The molecular weight excluding hydrogens is 353 g/mol. The van der Waals surface area contributed by atoms with Gasteiger partial charge in [0.25, 0.3) is 0 Å². The lowest BCUT2D eigenvalue weighted by atomic mass is 10.0. The van der Waals surface area contributed by atoms with Crippen LogP contribution in [0.25, 0.3) is 0 Å². The molecule has 3 heteroatoms. The number of allylic oxidation sites excluding steroid dienone is 1. The molecule has 0 saturated heterocycles. The van der Waals surface area contributed by atoms with Gasteiger partial charge in [0.1, 0.15) is 5.82 Å². The summed E-state index contributed by atoms with van der Waals surface area (Å²) in [6.07, 6.45) is 2.01. The highest BCUT2D eigenvalue weighted by Crippen LogP contribution is 2.22. The summed E-state index contributed by atoms with van der Waals surface area (Å²) in [6, 6.07) is 21.1. The molecule has 0 atom stereocenters. The fourth-order valence-corrected chi connectivity index (χ4v) is 3.19. The highest BCUT2D eigenvalue weighted by Gasteiger charge is 2.03. The fourth-order valence-electron chi connectivity index (χ4n) is 2.55. The van der Waals surface area contributed by atoms with Gasteiger partial charge in [-0.1, -0.05) is 41.6 Å². The third kappa shape index (κ3) is 5.41. The molecule has 0 N–H and O–H groups in total. The Morgan fingerprint density at radius 2 is 1.56 bits per heavy atom. The molecule has 0 heterocycles. The third-order valence-corrected chi connectivity index (χ3v) is 5.15. The van der Waals surface area contributed by atoms with Crippen LogP contribution in [0.15, 0.2) is 88.1 Å². The molecule has 0 fully saturated rings. The minimum Gasteiger partial charge on any atom is -0.248 e. The normalized spacial score (nSPS) is 11.9. The molecule has 3 aromatic rings. The van der Waals surface area contributed by atoms with Gasteiger partial charge in [-0.3, -0.25) is 0 Å². The second kappa shape index (κ2) is 8.83. The van der Waals surface area contributed by atoms with Crippen molar-refractivity contribution in [2.24, 2.45) is 4.99 Å². The van der Waals surface area contributed by atoms with Gasteiger partial charge in [-0.2, -0.15) is 0 Å². The molecule has 3 rings (SSSR count). The zero-order chi connectivity index (χ0) is 19.2. The quantitative estimate of drug-likeness (QED) is 0.340. The van der Waals surface area contributed by atoms with Gasteiger partial charge in [0.15, 0.2) is 0 Å². The third-order valence-electron chi connectivity index (χ3n) is 4.33. The summed E-state index contributed by atoms with van der Waals surface area (Å²) in [7, 11) is 0. The van der Waals surface area contributed by atoms with E-state index in [2.05, 4.69) is 51.1 Å². The van der Waals surface area contributed by atoms with Crippen LogP contribution >= 0.6 is 11.8 Å². The number of aryl methyl sites for hydroxylation is 3. The van der Waals surface area contributed by atoms with Crippen LogP contribution in [0.3, 0.4) is 0 Å². The van der Waals surface area contributed by atoms with Gasteiger partial charge in [0, 0.05) is 10.5 Å². The second-order valence-electron chi connectivity index (χ2n) is 6.51. The van der Waals surface area contributed by atoms with Crippen molar-refractivity contribution in [1.29, 1.82) is 0 Å². The number of nitrogens with zero attached hydrogens (tertiary/aromatic N) is 1. The molecule has 0 spiro atoms. The maximum absolute atomic E-state index is 13.1. The first-order valence-corrected chi connectivity index (χ1v) is 9.71. The molecule has 0 radical (unpaired) electrons. The maximum atomic E-state index is 13.1. The molecule has 3 aromatic carbocycles. The van der Waals surface area contributed by atoms with Crippen molar-refractivity contribution in [2.45, 2.75) is 25.7 Å². The number of hydrogen-bond donors (Lipinski definition) is 0. The van der Waals surface area contributed by atoms with Gasteiger partial charge in [-0.05, 0) is 85.8 Å². The number of rotatable bonds is 5. The highest BCUT2D eigenvalue weighted by atomic mass is 32.2. The van der Waals surface area contributed by atoms with Crippen molar-refractivity contribution in [2.75, 3.05) is 0 Å². The van der Waals surface area contributed by atoms with Crippen LogP contribution in [-0.2, 0) is 0 Å². The van der Waals surface area contributed by atoms with E-state index >= 15 is 0 Å². The number of aliphatic imine (C=N–C) groups is 1. The monoisotopic (exact) mass is 375 g/mol. The topological polar surface area (TPSA) is 12.4 Å². The van der Waals surface area contributed by atoms with Gasteiger partial charge >= 0.3 is 0 Å². The minimum atomic E-state index is -0.222. The smallest absolute Gasteiger partial charge is 0.123 e. The van der Waals surface area contributed by atoms with E-state index in [-0.39, 0.29) is 5.82 Å². The highest BCUT2D eigenvalue weighted by molar-refractivity contribution is 8.02. The van der Waals surface area contributed by atoms with E-state index in [0.29, 0.717) is 0 Å². The molecule has 1 nitrogen and oxygen atoms in total. The Morgan fingerprint density at radius 3 is 2.22 bits per heavy atom. The SMILES string of the molecule is Cc1ccc(N=C(C=CSc2ccc(F)cc2)c2ccc(C)c(C)c2)cc1. The summed E-state index contributed by atoms with van der Waals surface area (Å²) < 4.78 is 13.1. The van der Waals surface area contributed by atoms with Gasteiger partial charge in [0.2, 0.25) is 0 Å². The van der Waals surface area contributed by atoms with Gasteiger partial charge < -0.3 is 0 Å². The van der Waals surface area contributed by atoms with Crippen molar-refractivity contribution in [3.8, 4) is 0 Å². The summed E-state index contributed by atoms with van der Waals surface area (Å²) in [4.78, 5) is 5.83. The van der Waals surface area contributed by atoms with Crippen molar-refractivity contribution < 1.29 is 4.39 Å². The Hall–Kier alpha value is -2.65. The van der Waals surface area contributed by atoms with E-state index in [4.69, 9.17) is 4.99 Å². The molecule has 0 aliphatic carbocycles. The van der Waals surface area contributed by atoms with Crippen LogP contribution in [0.1, 0.15) is 22.3 Å². The first kappa shape index (κ1) is 19.1. The lowest BCUT2D eigenvalue weighted by Crippen LogP contribution is -1.98. The van der Waals surface area contributed by atoms with E-state index in [1.54, 1.807) is 23.9 Å². The average molecular weight is 376 g/mol. The molecule has 0 aliphatic rings. The molecule has 0 bridgehead atoms. The molecule has 0 unspecified atom stereocenters. The first-order chi connectivity index (χ1) is 13.0. The van der Waals surface area contributed by atoms with Crippen LogP contribution < -0.4 is 0 Å². The van der Waals surface area contributed by atoms with Crippen LogP contribution in [0, 0.1) is 26.6 Å². The number of thioether (sulfide) groups is 1. The predicted octanol–water partition coefficient (Wildman–Crippen LogP) is 7.18. The van der Waals surface area contributed by atoms with Crippen molar-refractivity contribution in [3.63, 3.8) is 0 Å². The number of benzene rings is 3. The summed E-state index contributed by atoms with van der Waals surface area (Å²) in [5.74, 6) is -0.222. The van der Waals surface area contributed by atoms with E-state index in [9.17, 15) is 4.39 Å². The standard InChI is InChI=1S/C24H22FNS/c1-17-4-10-22(11-5-17)26-24(20-7-6-18(2)19(3)16-20)14-15-27-23-12-8-21(25)9-13-23/h4-16H,1-3H3. The zero-order valence-electron chi connectivity index (χ0n) is 15.7. The number of hydrogen-bond acceptors (Lipinski definition) is 2. The Morgan fingerprint density at radius 1 is 0.852 bits per heavy atom. The summed E-state index contributed by atoms with van der Waals surface area (Å²) in [5, 5.41) is 2.00. The van der Waals surface area contributed by atoms with Crippen LogP contribution in [-0.4, -0.2) is 5.71 Å². The summed E-state index contributed by atoms with van der Waals surface area (Å²) >= 11 is 1.54. The Labute approximate surface area is 164 Å². The van der Waals surface area contributed by atoms with E-state index in [0.717, 1.165) is 21.9 Å². The molecule has 0 amide bonds. The first-order valence-electron chi connectivity index (χ1n) is 8.83. The second-order valence-corrected chi connectivity index (χ2v) is 7.49. The van der Waals surface area contributed by atoms with Gasteiger partial charge in [-0.25, -0.2) is 9.38 Å². The molecule has 136 valence electrons. The van der Waals surface area contributed by atoms with Crippen molar-refractivity contribution in [1.82, 2.24) is 0 Å². The van der Waals surface area contributed by atoms with Crippen LogP contribution in [0.4, 0.5) is 10.1 Å². The minimum absolute atomic E-state index is 0.222. The van der Waals surface area contributed by atoms with E-state index in [1.165, 1.54) is 28.8 Å². The van der Waals surface area contributed by atoms with Crippen LogP contribution in [0.5, 0.6) is 0 Å². The Kier molecular flexibility index (Phi) is 6.25. The maximum Gasteiger partial charge on any atom is 0.123 e. The van der Waals surface area contributed by atoms with Crippen molar-refractivity contribution >= 4 is 23.2 Å². The van der Waals surface area contributed by atoms with Gasteiger partial charge in [-0.15, -0.1) is 0 Å². The Balaban J connectivity index is 1.91. The molecule has 0 saturated carbocycles. The lowest BCUT2D eigenvalue weighted by Gasteiger charge is -2.07. The summed E-state index contributed by atoms with van der Waals surface area (Å²) in [6.45, 7) is 6.28.